The summed E-state index contributed by atoms with van der Waals surface area (Å²) in [5.74, 6) is 0.599. The minimum Gasteiger partial charge on any atom is -0.496 e. The van der Waals surface area contributed by atoms with E-state index in [0.29, 0.717) is 23.0 Å². The van der Waals surface area contributed by atoms with E-state index in [9.17, 15) is 4.79 Å². The first-order chi connectivity index (χ1) is 8.17. The summed E-state index contributed by atoms with van der Waals surface area (Å²) >= 11 is 0. The number of benzene rings is 1. The number of hydrogen-bond donors (Lipinski definition) is 1. The molecule has 1 amide bonds. The van der Waals surface area contributed by atoms with Gasteiger partial charge < -0.3 is 15.4 Å². The number of nitrogen functional groups attached to an aromatic ring is 1. The fourth-order valence-electron chi connectivity index (χ4n) is 2.00. The Kier molecular flexibility index (Phi) is 3.22. The van der Waals surface area contributed by atoms with Crippen LogP contribution in [-0.4, -0.2) is 30.5 Å². The van der Waals surface area contributed by atoms with E-state index < -0.39 is 0 Å². The first kappa shape index (κ1) is 11.8. The molecule has 1 aromatic carbocycles. The quantitative estimate of drug-likeness (QED) is 0.809. The van der Waals surface area contributed by atoms with Crippen molar-refractivity contribution in [3.05, 3.63) is 23.8 Å². The highest BCUT2D eigenvalue weighted by atomic mass is 16.5. The van der Waals surface area contributed by atoms with Crippen LogP contribution >= 0.6 is 0 Å². The molecule has 1 aliphatic carbocycles. The van der Waals surface area contributed by atoms with Gasteiger partial charge in [0, 0.05) is 18.3 Å². The lowest BCUT2D eigenvalue weighted by molar-refractivity contribution is 0.0749. The van der Waals surface area contributed by atoms with Gasteiger partial charge >= 0.3 is 0 Å². The van der Waals surface area contributed by atoms with Crippen LogP contribution in [0.15, 0.2) is 18.2 Å². The van der Waals surface area contributed by atoms with Gasteiger partial charge in [0.2, 0.25) is 0 Å². The molecule has 0 bridgehead atoms. The van der Waals surface area contributed by atoms with Crippen LogP contribution in [0.25, 0.3) is 0 Å². The summed E-state index contributed by atoms with van der Waals surface area (Å²) in [6.07, 6.45) is 2.20. The van der Waals surface area contributed by atoms with Crippen molar-refractivity contribution in [2.45, 2.75) is 25.8 Å². The van der Waals surface area contributed by atoms with Crippen molar-refractivity contribution >= 4 is 11.6 Å². The van der Waals surface area contributed by atoms with E-state index in [-0.39, 0.29) is 5.91 Å². The second-order valence-corrected chi connectivity index (χ2v) is 4.28. The largest absolute Gasteiger partial charge is 0.496 e. The Morgan fingerprint density at radius 1 is 1.53 bits per heavy atom. The van der Waals surface area contributed by atoms with Gasteiger partial charge in [0.25, 0.3) is 5.91 Å². The minimum absolute atomic E-state index is 0.0131. The highest BCUT2D eigenvalue weighted by Gasteiger charge is 2.32. The Morgan fingerprint density at radius 2 is 2.24 bits per heavy atom. The van der Waals surface area contributed by atoms with Crippen molar-refractivity contribution in [2.75, 3.05) is 19.4 Å². The summed E-state index contributed by atoms with van der Waals surface area (Å²) in [6.45, 7) is 2.72. The van der Waals surface area contributed by atoms with Gasteiger partial charge in [0.1, 0.15) is 5.75 Å². The molecule has 0 saturated heterocycles. The van der Waals surface area contributed by atoms with Gasteiger partial charge in [-0.05, 0) is 38.0 Å². The lowest BCUT2D eigenvalue weighted by atomic mass is 10.1. The summed E-state index contributed by atoms with van der Waals surface area (Å²) in [5, 5.41) is 0. The second kappa shape index (κ2) is 4.65. The van der Waals surface area contributed by atoms with Crippen molar-refractivity contribution in [3.8, 4) is 5.75 Å². The first-order valence-electron chi connectivity index (χ1n) is 5.91. The van der Waals surface area contributed by atoms with Gasteiger partial charge in [0.05, 0.1) is 12.7 Å². The number of nitrogens with zero attached hydrogens (tertiary/aromatic N) is 1. The molecule has 4 heteroatoms. The zero-order valence-corrected chi connectivity index (χ0v) is 10.3. The predicted molar refractivity (Wildman–Crippen MR) is 67.1 cm³/mol. The third-order valence-corrected chi connectivity index (χ3v) is 3.04. The number of nitrogens with two attached hydrogens (primary N) is 1. The van der Waals surface area contributed by atoms with Gasteiger partial charge in [-0.25, -0.2) is 0 Å². The molecule has 0 heterocycles. The van der Waals surface area contributed by atoms with Crippen LogP contribution in [0.4, 0.5) is 5.69 Å². The molecule has 2 rings (SSSR count). The molecule has 17 heavy (non-hydrogen) atoms. The van der Waals surface area contributed by atoms with Crippen LogP contribution in [-0.2, 0) is 0 Å². The number of carbonyl (C=O) groups is 1. The number of ether oxygens (including phenoxy) is 1. The van der Waals surface area contributed by atoms with E-state index >= 15 is 0 Å². The first-order valence-corrected chi connectivity index (χ1v) is 5.91. The Labute approximate surface area is 101 Å². The van der Waals surface area contributed by atoms with Crippen LogP contribution in [0.1, 0.15) is 30.1 Å². The molecule has 92 valence electrons. The number of rotatable bonds is 4. The summed E-state index contributed by atoms with van der Waals surface area (Å²) in [5.41, 5.74) is 6.87. The number of amides is 1. The third-order valence-electron chi connectivity index (χ3n) is 3.04. The fraction of sp³-hybridized carbons (Fsp3) is 0.462. The van der Waals surface area contributed by atoms with Crippen LogP contribution in [0.5, 0.6) is 5.75 Å². The molecule has 0 atom stereocenters. The molecule has 0 radical (unpaired) electrons. The highest BCUT2D eigenvalue weighted by molar-refractivity contribution is 5.98. The fourth-order valence-corrected chi connectivity index (χ4v) is 2.00. The normalized spacial score (nSPS) is 14.5. The molecule has 2 N–H and O–H groups in total. The van der Waals surface area contributed by atoms with Crippen molar-refractivity contribution in [1.29, 1.82) is 0 Å². The SMILES string of the molecule is CCN(C(=O)c1cc(N)ccc1OC)C1CC1. The van der Waals surface area contributed by atoms with Crippen molar-refractivity contribution in [3.63, 3.8) is 0 Å². The van der Waals surface area contributed by atoms with Gasteiger partial charge in [-0.15, -0.1) is 0 Å². The molecular weight excluding hydrogens is 216 g/mol. The van der Waals surface area contributed by atoms with Crippen LogP contribution < -0.4 is 10.5 Å². The van der Waals surface area contributed by atoms with Gasteiger partial charge in [-0.2, -0.15) is 0 Å². The molecule has 1 aromatic rings. The van der Waals surface area contributed by atoms with E-state index in [1.54, 1.807) is 25.3 Å². The lowest BCUT2D eigenvalue weighted by Crippen LogP contribution is -2.33. The Balaban J connectivity index is 2.31. The van der Waals surface area contributed by atoms with E-state index in [4.69, 9.17) is 10.5 Å². The van der Waals surface area contributed by atoms with Gasteiger partial charge in [0.15, 0.2) is 0 Å². The van der Waals surface area contributed by atoms with Gasteiger partial charge in [-0.3, -0.25) is 4.79 Å². The molecule has 0 unspecified atom stereocenters. The molecule has 0 spiro atoms. The van der Waals surface area contributed by atoms with Crippen molar-refractivity contribution in [2.24, 2.45) is 0 Å². The highest BCUT2D eigenvalue weighted by Crippen LogP contribution is 2.30. The number of carbonyl (C=O) groups excluding carboxylic acids is 1. The minimum atomic E-state index is 0.0131. The third kappa shape index (κ3) is 2.35. The van der Waals surface area contributed by atoms with Crippen molar-refractivity contribution < 1.29 is 9.53 Å². The molecule has 0 aromatic heterocycles. The molecular formula is C13H18N2O2. The zero-order chi connectivity index (χ0) is 12.4. The molecule has 1 saturated carbocycles. The van der Waals surface area contributed by atoms with Crippen molar-refractivity contribution in [1.82, 2.24) is 4.90 Å². The van der Waals surface area contributed by atoms with E-state index in [1.165, 1.54) is 0 Å². The summed E-state index contributed by atoms with van der Waals surface area (Å²) in [4.78, 5) is 14.3. The number of methoxy groups -OCH3 is 1. The van der Waals surface area contributed by atoms with Gasteiger partial charge in [-0.1, -0.05) is 0 Å². The topological polar surface area (TPSA) is 55.6 Å². The Hall–Kier alpha value is -1.71. The summed E-state index contributed by atoms with van der Waals surface area (Å²) < 4.78 is 5.21. The summed E-state index contributed by atoms with van der Waals surface area (Å²) in [6, 6.07) is 5.57. The molecule has 0 aliphatic heterocycles. The zero-order valence-electron chi connectivity index (χ0n) is 10.3. The number of hydrogen-bond acceptors (Lipinski definition) is 3. The Bertz CT molecular complexity index is 427. The maximum atomic E-state index is 12.4. The van der Waals surface area contributed by atoms with Crippen LogP contribution in [0, 0.1) is 0 Å². The van der Waals surface area contributed by atoms with E-state index in [2.05, 4.69) is 0 Å². The Morgan fingerprint density at radius 3 is 2.76 bits per heavy atom. The maximum Gasteiger partial charge on any atom is 0.257 e. The maximum absolute atomic E-state index is 12.4. The average molecular weight is 234 g/mol. The van der Waals surface area contributed by atoms with Crippen LogP contribution in [0.2, 0.25) is 0 Å². The smallest absolute Gasteiger partial charge is 0.257 e. The average Bonchev–Trinajstić information content (AvgIpc) is 3.14. The number of anilines is 1. The standard InChI is InChI=1S/C13H18N2O2/c1-3-15(10-5-6-10)13(16)11-8-9(14)4-7-12(11)17-2/h4,7-8,10H,3,5-6,14H2,1-2H3. The van der Waals surface area contributed by atoms with Crippen LogP contribution in [0.3, 0.4) is 0 Å². The lowest BCUT2D eigenvalue weighted by Gasteiger charge is -2.21. The second-order valence-electron chi connectivity index (χ2n) is 4.28. The molecule has 1 fully saturated rings. The molecule has 4 nitrogen and oxygen atoms in total. The molecule has 1 aliphatic rings. The predicted octanol–water partition coefficient (Wildman–Crippen LogP) is 1.90. The van der Waals surface area contributed by atoms with E-state index in [0.717, 1.165) is 19.4 Å². The monoisotopic (exact) mass is 234 g/mol. The summed E-state index contributed by atoms with van der Waals surface area (Å²) in [7, 11) is 1.57. The van der Waals surface area contributed by atoms with E-state index in [1.807, 2.05) is 11.8 Å².